The Labute approximate surface area is 130 Å². The fourth-order valence-corrected chi connectivity index (χ4v) is 3.15. The zero-order valence-corrected chi connectivity index (χ0v) is 14.4. The second-order valence-electron chi connectivity index (χ2n) is 4.69. The van der Waals surface area contributed by atoms with Gasteiger partial charge in [0.25, 0.3) is 9.05 Å². The summed E-state index contributed by atoms with van der Waals surface area (Å²) in [6.45, 7) is 6.77. The van der Waals surface area contributed by atoms with Gasteiger partial charge >= 0.3 is 0 Å². The van der Waals surface area contributed by atoms with Crippen molar-refractivity contribution in [1.82, 2.24) is 0 Å². The molecule has 20 heavy (non-hydrogen) atoms. The van der Waals surface area contributed by atoms with Crippen LogP contribution in [0, 0.1) is 0 Å². The maximum atomic E-state index is 11.4. The van der Waals surface area contributed by atoms with Crippen LogP contribution in [0.4, 0.5) is 0 Å². The van der Waals surface area contributed by atoms with Crippen LogP contribution in [0.25, 0.3) is 0 Å². The van der Waals surface area contributed by atoms with Crippen molar-refractivity contribution in [1.29, 1.82) is 0 Å². The average molecular weight is 337 g/mol. The zero-order chi connectivity index (χ0) is 15.2. The van der Waals surface area contributed by atoms with Crippen LogP contribution in [0.5, 0.6) is 5.75 Å². The van der Waals surface area contributed by atoms with E-state index in [0.29, 0.717) is 6.61 Å². The highest BCUT2D eigenvalue weighted by atomic mass is 35.7. The molecule has 0 atom stereocenters. The number of ether oxygens (including phenoxy) is 1. The van der Waals surface area contributed by atoms with Crippen LogP contribution in [0.3, 0.4) is 0 Å². The first kappa shape index (κ1) is 17.7. The molecule has 0 radical (unpaired) electrons. The summed E-state index contributed by atoms with van der Waals surface area (Å²) in [5, 5.41) is 0. The van der Waals surface area contributed by atoms with Gasteiger partial charge in [-0.25, -0.2) is 8.42 Å². The lowest BCUT2D eigenvalue weighted by atomic mass is 10.0. The van der Waals surface area contributed by atoms with Crippen molar-refractivity contribution in [2.24, 2.45) is 0 Å². The average Bonchev–Trinajstić information content (AvgIpc) is 2.37. The second kappa shape index (κ2) is 8.15. The third kappa shape index (κ3) is 5.54. The molecule has 6 heteroatoms. The molecule has 0 bridgehead atoms. The summed E-state index contributed by atoms with van der Waals surface area (Å²) >= 11 is 1.88. The molecule has 1 rings (SSSR count). The molecule has 0 N–H and O–H groups in total. The fraction of sp³-hybridized carbons (Fsp3) is 0.571. The van der Waals surface area contributed by atoms with Crippen LogP contribution in [0.2, 0.25) is 0 Å². The van der Waals surface area contributed by atoms with Gasteiger partial charge in [0.2, 0.25) is 0 Å². The predicted molar refractivity (Wildman–Crippen MR) is 86.7 cm³/mol. The Morgan fingerprint density at radius 1 is 1.35 bits per heavy atom. The van der Waals surface area contributed by atoms with Crippen LogP contribution < -0.4 is 4.74 Å². The van der Waals surface area contributed by atoms with Gasteiger partial charge in [-0.1, -0.05) is 20.8 Å². The molecule has 0 aliphatic rings. The summed E-state index contributed by atoms with van der Waals surface area (Å²) in [7, 11) is 1.68. The summed E-state index contributed by atoms with van der Waals surface area (Å²) in [4.78, 5) is 0.122. The molecule has 0 aliphatic carbocycles. The lowest BCUT2D eigenvalue weighted by Crippen LogP contribution is -2.04. The molecule has 1 aromatic carbocycles. The van der Waals surface area contributed by atoms with Crippen LogP contribution >= 0.6 is 22.4 Å². The minimum absolute atomic E-state index is 0.122. The molecule has 0 amide bonds. The highest BCUT2D eigenvalue weighted by Gasteiger charge is 2.15. The van der Waals surface area contributed by atoms with Crippen LogP contribution in [0.15, 0.2) is 23.1 Å². The number of rotatable bonds is 8. The van der Waals surface area contributed by atoms with Gasteiger partial charge in [0, 0.05) is 10.7 Å². The Kier molecular flexibility index (Phi) is 7.20. The van der Waals surface area contributed by atoms with E-state index in [9.17, 15) is 8.42 Å². The van der Waals surface area contributed by atoms with E-state index in [1.807, 2.05) is 25.6 Å². The van der Waals surface area contributed by atoms with Crippen molar-refractivity contribution in [2.45, 2.75) is 38.0 Å². The maximum absolute atomic E-state index is 11.4. The minimum Gasteiger partial charge on any atom is -0.493 e. The van der Waals surface area contributed by atoms with Gasteiger partial charge in [0.1, 0.15) is 5.75 Å². The fourth-order valence-electron chi connectivity index (χ4n) is 1.75. The Bertz CT molecular complexity index is 527. The van der Waals surface area contributed by atoms with E-state index in [1.165, 1.54) is 6.07 Å². The van der Waals surface area contributed by atoms with Gasteiger partial charge in [-0.3, -0.25) is 0 Å². The molecule has 0 unspecified atom stereocenters. The topological polar surface area (TPSA) is 43.4 Å². The standard InChI is InChI=1S/C14H21ClO3S2/c1-4-19-9-5-8-18-14-7-6-12(20(15,16)17)10-13(14)11(2)3/h6-7,10-11H,4-5,8-9H2,1-3H3. The van der Waals surface area contributed by atoms with Crippen molar-refractivity contribution in [3.05, 3.63) is 23.8 Å². The molecule has 0 aromatic heterocycles. The Balaban J connectivity index is 2.81. The van der Waals surface area contributed by atoms with E-state index in [0.717, 1.165) is 29.2 Å². The zero-order valence-electron chi connectivity index (χ0n) is 12.1. The largest absolute Gasteiger partial charge is 0.493 e. The summed E-state index contributed by atoms with van der Waals surface area (Å²) < 4.78 is 28.5. The second-order valence-corrected chi connectivity index (χ2v) is 8.65. The van der Waals surface area contributed by atoms with Crippen molar-refractivity contribution in [2.75, 3.05) is 18.1 Å². The van der Waals surface area contributed by atoms with Gasteiger partial charge in [-0.05, 0) is 47.6 Å². The van der Waals surface area contributed by atoms with Gasteiger partial charge in [0.05, 0.1) is 11.5 Å². The summed E-state index contributed by atoms with van der Waals surface area (Å²) in [6, 6.07) is 4.78. The Morgan fingerprint density at radius 3 is 2.60 bits per heavy atom. The lowest BCUT2D eigenvalue weighted by molar-refractivity contribution is 0.314. The van der Waals surface area contributed by atoms with Gasteiger partial charge < -0.3 is 4.74 Å². The normalized spacial score (nSPS) is 11.8. The van der Waals surface area contributed by atoms with Crippen LogP contribution in [-0.4, -0.2) is 26.5 Å². The SMILES string of the molecule is CCSCCCOc1ccc(S(=O)(=O)Cl)cc1C(C)C. The highest BCUT2D eigenvalue weighted by Crippen LogP contribution is 2.30. The minimum atomic E-state index is -3.69. The summed E-state index contributed by atoms with van der Waals surface area (Å²) in [6.07, 6.45) is 0.978. The van der Waals surface area contributed by atoms with Crippen molar-refractivity contribution in [3.8, 4) is 5.75 Å². The quantitative estimate of drug-likeness (QED) is 0.525. The molecule has 0 saturated carbocycles. The monoisotopic (exact) mass is 336 g/mol. The van der Waals surface area contributed by atoms with E-state index in [-0.39, 0.29) is 10.8 Å². The molecule has 1 aromatic rings. The number of benzene rings is 1. The molecule has 3 nitrogen and oxygen atoms in total. The third-order valence-electron chi connectivity index (χ3n) is 2.78. The molecule has 114 valence electrons. The smallest absolute Gasteiger partial charge is 0.261 e. The highest BCUT2D eigenvalue weighted by molar-refractivity contribution is 8.13. The molecular formula is C14H21ClO3S2. The molecule has 0 heterocycles. The van der Waals surface area contributed by atoms with Crippen LogP contribution in [0.1, 0.15) is 38.7 Å². The maximum Gasteiger partial charge on any atom is 0.261 e. The molecule has 0 spiro atoms. The summed E-state index contributed by atoms with van der Waals surface area (Å²) in [5.41, 5.74) is 0.870. The van der Waals surface area contributed by atoms with Crippen molar-refractivity contribution >= 4 is 31.5 Å². The lowest BCUT2D eigenvalue weighted by Gasteiger charge is -2.15. The van der Waals surface area contributed by atoms with Crippen molar-refractivity contribution < 1.29 is 13.2 Å². The Morgan fingerprint density at radius 2 is 2.05 bits per heavy atom. The Hall–Kier alpha value is -0.390. The number of hydrogen-bond donors (Lipinski definition) is 0. The van der Waals surface area contributed by atoms with Crippen molar-refractivity contribution in [3.63, 3.8) is 0 Å². The predicted octanol–water partition coefficient (Wildman–Crippen LogP) is 4.26. The van der Waals surface area contributed by atoms with E-state index in [1.54, 1.807) is 12.1 Å². The van der Waals surface area contributed by atoms with Gasteiger partial charge in [0.15, 0.2) is 0 Å². The number of halogens is 1. The van der Waals surface area contributed by atoms with E-state index >= 15 is 0 Å². The molecular weight excluding hydrogens is 316 g/mol. The number of hydrogen-bond acceptors (Lipinski definition) is 4. The van der Waals surface area contributed by atoms with E-state index < -0.39 is 9.05 Å². The van der Waals surface area contributed by atoms with Gasteiger partial charge in [-0.2, -0.15) is 11.8 Å². The first-order valence-corrected chi connectivity index (χ1v) is 10.1. The number of thioether (sulfide) groups is 1. The van der Waals surface area contributed by atoms with Crippen LogP contribution in [-0.2, 0) is 9.05 Å². The molecule has 0 saturated heterocycles. The van der Waals surface area contributed by atoms with Gasteiger partial charge in [-0.15, -0.1) is 0 Å². The van der Waals surface area contributed by atoms with E-state index in [2.05, 4.69) is 6.92 Å². The summed E-state index contributed by atoms with van der Waals surface area (Å²) in [5.74, 6) is 3.10. The molecule has 0 aliphatic heterocycles. The third-order valence-corrected chi connectivity index (χ3v) is 5.12. The first-order chi connectivity index (χ1) is 9.36. The van der Waals surface area contributed by atoms with E-state index in [4.69, 9.17) is 15.4 Å². The molecule has 0 fully saturated rings. The first-order valence-electron chi connectivity index (χ1n) is 6.65.